The Balaban J connectivity index is 2.95. The number of carbonyl (C=O) groups is 1. The van der Waals surface area contributed by atoms with E-state index in [1.165, 1.54) is 7.11 Å². The van der Waals surface area contributed by atoms with Crippen LogP contribution in [0.4, 0.5) is 0 Å². The van der Waals surface area contributed by atoms with Crippen LogP contribution >= 0.6 is 0 Å². The maximum Gasteiger partial charge on any atom is 0.337 e. The molecule has 0 saturated heterocycles. The average molecular weight is 224 g/mol. The number of benzene rings is 1. The minimum Gasteiger partial charge on any atom is -0.479 e. The van der Waals surface area contributed by atoms with Gasteiger partial charge in [0.15, 0.2) is 6.10 Å². The van der Waals surface area contributed by atoms with Gasteiger partial charge in [-0.2, -0.15) is 0 Å². The molecule has 16 heavy (non-hydrogen) atoms. The SMILES string of the molecule is CCc1ccccc1C(OCOC)C(=O)O. The second kappa shape index (κ2) is 6.25. The number of aliphatic carboxylic acids is 1. The summed E-state index contributed by atoms with van der Waals surface area (Å²) >= 11 is 0. The fraction of sp³-hybridized carbons (Fsp3) is 0.417. The van der Waals surface area contributed by atoms with Gasteiger partial charge in [0, 0.05) is 7.11 Å². The molecule has 0 spiro atoms. The van der Waals surface area contributed by atoms with Crippen LogP contribution < -0.4 is 0 Å². The van der Waals surface area contributed by atoms with Crippen molar-refractivity contribution in [1.82, 2.24) is 0 Å². The van der Waals surface area contributed by atoms with E-state index in [1.54, 1.807) is 12.1 Å². The van der Waals surface area contributed by atoms with Crippen molar-refractivity contribution in [3.63, 3.8) is 0 Å². The van der Waals surface area contributed by atoms with Crippen molar-refractivity contribution >= 4 is 5.97 Å². The normalized spacial score (nSPS) is 12.4. The van der Waals surface area contributed by atoms with E-state index in [9.17, 15) is 4.79 Å². The summed E-state index contributed by atoms with van der Waals surface area (Å²) in [5, 5.41) is 9.09. The summed E-state index contributed by atoms with van der Waals surface area (Å²) in [6.45, 7) is 1.95. The van der Waals surface area contributed by atoms with Crippen molar-refractivity contribution in [1.29, 1.82) is 0 Å². The number of hydrogen-bond acceptors (Lipinski definition) is 3. The van der Waals surface area contributed by atoms with E-state index < -0.39 is 12.1 Å². The second-order valence-corrected chi connectivity index (χ2v) is 3.34. The van der Waals surface area contributed by atoms with Crippen molar-refractivity contribution in [2.24, 2.45) is 0 Å². The highest BCUT2D eigenvalue weighted by Gasteiger charge is 2.22. The number of aryl methyl sites for hydroxylation is 1. The van der Waals surface area contributed by atoms with E-state index in [2.05, 4.69) is 0 Å². The molecule has 88 valence electrons. The average Bonchev–Trinajstić information content (AvgIpc) is 2.29. The molecule has 1 N–H and O–H groups in total. The Kier molecular flexibility index (Phi) is 4.95. The molecular formula is C12H16O4. The molecule has 1 rings (SSSR count). The summed E-state index contributed by atoms with van der Waals surface area (Å²) in [7, 11) is 1.46. The molecule has 1 aromatic carbocycles. The van der Waals surface area contributed by atoms with Gasteiger partial charge >= 0.3 is 5.97 Å². The van der Waals surface area contributed by atoms with Crippen molar-refractivity contribution in [2.75, 3.05) is 13.9 Å². The van der Waals surface area contributed by atoms with E-state index in [4.69, 9.17) is 14.6 Å². The molecule has 0 radical (unpaired) electrons. The van der Waals surface area contributed by atoms with Gasteiger partial charge in [0.1, 0.15) is 6.79 Å². The van der Waals surface area contributed by atoms with Crippen molar-refractivity contribution < 1.29 is 19.4 Å². The largest absolute Gasteiger partial charge is 0.479 e. The first kappa shape index (κ1) is 12.7. The Morgan fingerprint density at radius 1 is 1.44 bits per heavy atom. The Bertz CT molecular complexity index is 349. The second-order valence-electron chi connectivity index (χ2n) is 3.34. The Labute approximate surface area is 94.8 Å². The smallest absolute Gasteiger partial charge is 0.337 e. The maximum absolute atomic E-state index is 11.1. The van der Waals surface area contributed by atoms with Gasteiger partial charge in [0.2, 0.25) is 0 Å². The fourth-order valence-electron chi connectivity index (χ4n) is 1.54. The van der Waals surface area contributed by atoms with Crippen LogP contribution in [0.25, 0.3) is 0 Å². The highest BCUT2D eigenvalue weighted by molar-refractivity contribution is 5.75. The third kappa shape index (κ3) is 3.05. The number of rotatable bonds is 6. The lowest BCUT2D eigenvalue weighted by atomic mass is 10.0. The lowest BCUT2D eigenvalue weighted by molar-refractivity contribution is -0.159. The van der Waals surface area contributed by atoms with E-state index in [0.717, 1.165) is 12.0 Å². The molecule has 0 heterocycles. The van der Waals surface area contributed by atoms with Crippen LogP contribution in [0.5, 0.6) is 0 Å². The van der Waals surface area contributed by atoms with Gasteiger partial charge in [0.05, 0.1) is 0 Å². The van der Waals surface area contributed by atoms with E-state index in [0.29, 0.717) is 5.56 Å². The molecule has 0 bridgehead atoms. The number of carboxylic acids is 1. The molecule has 0 amide bonds. The van der Waals surface area contributed by atoms with Crippen LogP contribution in [0.2, 0.25) is 0 Å². The summed E-state index contributed by atoms with van der Waals surface area (Å²) in [6, 6.07) is 7.37. The third-order valence-corrected chi connectivity index (χ3v) is 2.30. The van der Waals surface area contributed by atoms with Gasteiger partial charge in [-0.15, -0.1) is 0 Å². The van der Waals surface area contributed by atoms with Crippen LogP contribution in [0.3, 0.4) is 0 Å². The van der Waals surface area contributed by atoms with Crippen LogP contribution in [0.1, 0.15) is 24.2 Å². The predicted octanol–water partition coefficient (Wildman–Crippen LogP) is 2.00. The minimum absolute atomic E-state index is 0.0327. The molecule has 0 aromatic heterocycles. The minimum atomic E-state index is -1.00. The molecule has 0 saturated carbocycles. The zero-order valence-electron chi connectivity index (χ0n) is 9.47. The summed E-state index contributed by atoms with van der Waals surface area (Å²) in [6.07, 6.45) is -0.188. The first-order chi connectivity index (χ1) is 7.70. The highest BCUT2D eigenvalue weighted by Crippen LogP contribution is 2.22. The summed E-state index contributed by atoms with van der Waals surface area (Å²) in [4.78, 5) is 11.1. The summed E-state index contributed by atoms with van der Waals surface area (Å²) < 4.78 is 9.89. The summed E-state index contributed by atoms with van der Waals surface area (Å²) in [5.41, 5.74) is 1.67. The van der Waals surface area contributed by atoms with E-state index in [-0.39, 0.29) is 6.79 Å². The topological polar surface area (TPSA) is 55.8 Å². The molecule has 0 aliphatic heterocycles. The van der Waals surface area contributed by atoms with Gasteiger partial charge in [-0.05, 0) is 17.5 Å². The number of carboxylic acid groups (broad SMARTS) is 1. The molecule has 1 atom stereocenters. The fourth-order valence-corrected chi connectivity index (χ4v) is 1.54. The van der Waals surface area contributed by atoms with E-state index >= 15 is 0 Å². The van der Waals surface area contributed by atoms with Gasteiger partial charge in [-0.3, -0.25) is 0 Å². The molecule has 0 aliphatic carbocycles. The number of hydrogen-bond donors (Lipinski definition) is 1. The molecule has 0 aliphatic rings. The molecule has 1 unspecified atom stereocenters. The third-order valence-electron chi connectivity index (χ3n) is 2.30. The Morgan fingerprint density at radius 3 is 2.69 bits per heavy atom. The van der Waals surface area contributed by atoms with Crippen LogP contribution in [0, 0.1) is 0 Å². The molecule has 4 nitrogen and oxygen atoms in total. The van der Waals surface area contributed by atoms with Gasteiger partial charge < -0.3 is 14.6 Å². The zero-order chi connectivity index (χ0) is 12.0. The van der Waals surface area contributed by atoms with Gasteiger partial charge in [-0.25, -0.2) is 4.79 Å². The van der Waals surface area contributed by atoms with Crippen molar-refractivity contribution in [3.8, 4) is 0 Å². The standard InChI is InChI=1S/C12H16O4/c1-3-9-6-4-5-7-10(9)11(12(13)14)16-8-15-2/h4-7,11H,3,8H2,1-2H3,(H,13,14). The zero-order valence-corrected chi connectivity index (χ0v) is 9.47. The van der Waals surface area contributed by atoms with Gasteiger partial charge in [-0.1, -0.05) is 31.2 Å². The maximum atomic E-state index is 11.1. The quantitative estimate of drug-likeness (QED) is 0.751. The van der Waals surface area contributed by atoms with Crippen molar-refractivity contribution in [2.45, 2.75) is 19.4 Å². The predicted molar refractivity (Wildman–Crippen MR) is 59.2 cm³/mol. The summed E-state index contributed by atoms with van der Waals surface area (Å²) in [5.74, 6) is -1.00. The Morgan fingerprint density at radius 2 is 2.12 bits per heavy atom. The van der Waals surface area contributed by atoms with Crippen molar-refractivity contribution in [3.05, 3.63) is 35.4 Å². The first-order valence-electron chi connectivity index (χ1n) is 5.11. The first-order valence-corrected chi connectivity index (χ1v) is 5.11. The molecule has 1 aromatic rings. The molecule has 4 heteroatoms. The van der Waals surface area contributed by atoms with Crippen LogP contribution in [-0.4, -0.2) is 25.0 Å². The number of methoxy groups -OCH3 is 1. The molecular weight excluding hydrogens is 208 g/mol. The van der Waals surface area contributed by atoms with Crippen LogP contribution in [0.15, 0.2) is 24.3 Å². The molecule has 0 fully saturated rings. The lowest BCUT2D eigenvalue weighted by Gasteiger charge is -2.16. The Hall–Kier alpha value is -1.39. The van der Waals surface area contributed by atoms with E-state index in [1.807, 2.05) is 19.1 Å². The lowest BCUT2D eigenvalue weighted by Crippen LogP contribution is -2.18. The van der Waals surface area contributed by atoms with Gasteiger partial charge in [0.25, 0.3) is 0 Å². The highest BCUT2D eigenvalue weighted by atomic mass is 16.7. The monoisotopic (exact) mass is 224 g/mol. The number of ether oxygens (including phenoxy) is 2. The van der Waals surface area contributed by atoms with Crippen LogP contribution in [-0.2, 0) is 20.7 Å².